The van der Waals surface area contributed by atoms with Crippen LogP contribution in [-0.4, -0.2) is 53.8 Å². The zero-order valence-electron chi connectivity index (χ0n) is 16.6. The zero-order chi connectivity index (χ0) is 19.1. The minimum absolute atomic E-state index is 0.239. The number of aryl methyl sites for hydroxylation is 1. The topological polar surface area (TPSA) is 35.9 Å². The lowest BCUT2D eigenvalue weighted by molar-refractivity contribution is 0.0498. The van der Waals surface area contributed by atoms with Gasteiger partial charge in [-0.1, -0.05) is 36.4 Å². The monoisotopic (exact) mass is 368 g/mol. The number of aliphatic hydroxyl groups is 1. The van der Waals surface area contributed by atoms with Crippen LogP contribution in [0.3, 0.4) is 0 Å². The molecule has 0 aromatic heterocycles. The second-order valence-electron chi connectivity index (χ2n) is 7.38. The Balaban J connectivity index is 1.63. The molecular formula is C23H32N2O2. The summed E-state index contributed by atoms with van der Waals surface area (Å²) < 4.78 is 5.63. The van der Waals surface area contributed by atoms with Crippen molar-refractivity contribution >= 4 is 0 Å². The van der Waals surface area contributed by atoms with Gasteiger partial charge in [0.1, 0.15) is 5.75 Å². The summed E-state index contributed by atoms with van der Waals surface area (Å²) in [5, 5.41) is 9.57. The van der Waals surface area contributed by atoms with E-state index >= 15 is 0 Å². The lowest BCUT2D eigenvalue weighted by Crippen LogP contribution is -2.52. The highest BCUT2D eigenvalue weighted by Gasteiger charge is 2.27. The summed E-state index contributed by atoms with van der Waals surface area (Å²) in [5.74, 6) is 0.945. The van der Waals surface area contributed by atoms with Gasteiger partial charge in [-0.15, -0.1) is 0 Å². The Morgan fingerprint density at radius 1 is 1.07 bits per heavy atom. The standard InChI is InChI=1S/C23H32N2O2/c1-3-27-23-10-6-8-20(15-23)16-24-12-13-25(22(18-24)11-14-26)17-21-9-5-4-7-19(21)2/h4-10,15,22,26H,3,11-14,16-18H2,1-2H3/t22-/m0/s1. The normalized spacial score (nSPS) is 18.6. The van der Waals surface area contributed by atoms with Gasteiger partial charge >= 0.3 is 0 Å². The smallest absolute Gasteiger partial charge is 0.119 e. The van der Waals surface area contributed by atoms with E-state index in [4.69, 9.17) is 4.74 Å². The molecule has 27 heavy (non-hydrogen) atoms. The van der Waals surface area contributed by atoms with Crippen LogP contribution >= 0.6 is 0 Å². The van der Waals surface area contributed by atoms with Crippen molar-refractivity contribution in [2.45, 2.75) is 39.4 Å². The van der Waals surface area contributed by atoms with Crippen LogP contribution in [0.25, 0.3) is 0 Å². The fourth-order valence-electron chi connectivity index (χ4n) is 3.90. The lowest BCUT2D eigenvalue weighted by atomic mass is 10.0. The maximum Gasteiger partial charge on any atom is 0.119 e. The maximum absolute atomic E-state index is 9.57. The number of rotatable bonds is 8. The average molecular weight is 369 g/mol. The van der Waals surface area contributed by atoms with Crippen LogP contribution < -0.4 is 4.74 Å². The SMILES string of the molecule is CCOc1cccc(CN2CCN(Cc3ccccc3C)[C@@H](CCO)C2)c1. The second-order valence-corrected chi connectivity index (χ2v) is 7.38. The first-order valence-electron chi connectivity index (χ1n) is 10.0. The summed E-state index contributed by atoms with van der Waals surface area (Å²) in [5.41, 5.74) is 4.02. The fraction of sp³-hybridized carbons (Fsp3) is 0.478. The number of ether oxygens (including phenoxy) is 1. The van der Waals surface area contributed by atoms with Crippen molar-refractivity contribution in [1.29, 1.82) is 0 Å². The largest absolute Gasteiger partial charge is 0.494 e. The molecule has 0 unspecified atom stereocenters. The molecule has 0 bridgehead atoms. The first-order valence-corrected chi connectivity index (χ1v) is 10.0. The minimum Gasteiger partial charge on any atom is -0.494 e. The van der Waals surface area contributed by atoms with Gasteiger partial charge < -0.3 is 9.84 Å². The Kier molecular flexibility index (Phi) is 7.27. The van der Waals surface area contributed by atoms with Crippen LogP contribution in [0.2, 0.25) is 0 Å². The number of hydrogen-bond donors (Lipinski definition) is 1. The summed E-state index contributed by atoms with van der Waals surface area (Å²) >= 11 is 0. The predicted molar refractivity (Wildman–Crippen MR) is 110 cm³/mol. The molecule has 1 fully saturated rings. The van der Waals surface area contributed by atoms with Gasteiger partial charge in [-0.2, -0.15) is 0 Å². The first-order chi connectivity index (χ1) is 13.2. The van der Waals surface area contributed by atoms with Crippen LogP contribution in [-0.2, 0) is 13.1 Å². The number of benzene rings is 2. The molecule has 4 heteroatoms. The van der Waals surface area contributed by atoms with E-state index in [2.05, 4.69) is 59.2 Å². The quantitative estimate of drug-likeness (QED) is 0.774. The van der Waals surface area contributed by atoms with Crippen molar-refractivity contribution in [2.75, 3.05) is 32.8 Å². The molecule has 1 aliphatic heterocycles. The molecule has 2 aromatic rings. The lowest BCUT2D eigenvalue weighted by Gasteiger charge is -2.41. The Morgan fingerprint density at radius 3 is 2.70 bits per heavy atom. The van der Waals surface area contributed by atoms with Gasteiger partial charge in [0.2, 0.25) is 0 Å². The van der Waals surface area contributed by atoms with E-state index in [1.807, 2.05) is 13.0 Å². The highest BCUT2D eigenvalue weighted by atomic mass is 16.5. The van der Waals surface area contributed by atoms with Crippen LogP contribution in [0.4, 0.5) is 0 Å². The number of aliphatic hydroxyl groups excluding tert-OH is 1. The zero-order valence-corrected chi connectivity index (χ0v) is 16.6. The van der Waals surface area contributed by atoms with Gasteiger partial charge in [0.05, 0.1) is 6.61 Å². The fourth-order valence-corrected chi connectivity index (χ4v) is 3.90. The highest BCUT2D eigenvalue weighted by Crippen LogP contribution is 2.21. The van der Waals surface area contributed by atoms with E-state index in [0.29, 0.717) is 12.6 Å². The van der Waals surface area contributed by atoms with Crippen molar-refractivity contribution in [2.24, 2.45) is 0 Å². The summed E-state index contributed by atoms with van der Waals surface area (Å²) in [7, 11) is 0. The molecule has 1 heterocycles. The summed E-state index contributed by atoms with van der Waals surface area (Å²) in [4.78, 5) is 5.03. The van der Waals surface area contributed by atoms with Crippen LogP contribution in [0.15, 0.2) is 48.5 Å². The number of piperazine rings is 1. The van der Waals surface area contributed by atoms with E-state index in [0.717, 1.165) is 44.9 Å². The first kappa shape index (κ1) is 19.9. The molecule has 0 spiro atoms. The molecule has 0 aliphatic carbocycles. The molecule has 0 amide bonds. The Hall–Kier alpha value is -1.88. The van der Waals surface area contributed by atoms with E-state index in [1.54, 1.807) is 0 Å². The molecular weight excluding hydrogens is 336 g/mol. The second kappa shape index (κ2) is 9.88. The third-order valence-corrected chi connectivity index (χ3v) is 5.40. The molecule has 0 saturated carbocycles. The van der Waals surface area contributed by atoms with E-state index < -0.39 is 0 Å². The molecule has 1 aliphatic rings. The molecule has 146 valence electrons. The van der Waals surface area contributed by atoms with Crippen molar-refractivity contribution in [3.8, 4) is 5.75 Å². The van der Waals surface area contributed by atoms with Gasteiger partial charge in [0, 0.05) is 45.4 Å². The van der Waals surface area contributed by atoms with Gasteiger partial charge in [-0.3, -0.25) is 9.80 Å². The average Bonchev–Trinajstić information content (AvgIpc) is 2.66. The van der Waals surface area contributed by atoms with Crippen molar-refractivity contribution in [1.82, 2.24) is 9.80 Å². The molecule has 1 N–H and O–H groups in total. The summed E-state index contributed by atoms with van der Waals surface area (Å²) in [6, 6.07) is 17.4. The van der Waals surface area contributed by atoms with Crippen molar-refractivity contribution in [3.63, 3.8) is 0 Å². The number of hydrogen-bond acceptors (Lipinski definition) is 4. The third-order valence-electron chi connectivity index (χ3n) is 5.40. The summed E-state index contributed by atoms with van der Waals surface area (Å²) in [6.45, 7) is 10.1. The molecule has 1 atom stereocenters. The van der Waals surface area contributed by atoms with E-state index in [9.17, 15) is 5.11 Å². The molecule has 1 saturated heterocycles. The molecule has 2 aromatic carbocycles. The van der Waals surface area contributed by atoms with E-state index in [1.165, 1.54) is 16.7 Å². The Bertz CT molecular complexity index is 719. The third kappa shape index (κ3) is 5.55. The van der Waals surface area contributed by atoms with Gasteiger partial charge in [-0.25, -0.2) is 0 Å². The molecule has 0 radical (unpaired) electrons. The van der Waals surface area contributed by atoms with E-state index in [-0.39, 0.29) is 6.61 Å². The maximum atomic E-state index is 9.57. The van der Waals surface area contributed by atoms with Gasteiger partial charge in [0.15, 0.2) is 0 Å². The Morgan fingerprint density at radius 2 is 1.93 bits per heavy atom. The minimum atomic E-state index is 0.239. The van der Waals surface area contributed by atoms with Crippen LogP contribution in [0, 0.1) is 6.92 Å². The number of nitrogens with zero attached hydrogens (tertiary/aromatic N) is 2. The predicted octanol–water partition coefficient (Wildman–Crippen LogP) is 3.46. The van der Waals surface area contributed by atoms with Gasteiger partial charge in [0.25, 0.3) is 0 Å². The van der Waals surface area contributed by atoms with Gasteiger partial charge in [-0.05, 0) is 49.1 Å². The van der Waals surface area contributed by atoms with Crippen molar-refractivity contribution < 1.29 is 9.84 Å². The van der Waals surface area contributed by atoms with Crippen LogP contribution in [0.1, 0.15) is 30.0 Å². The van der Waals surface area contributed by atoms with Crippen molar-refractivity contribution in [3.05, 3.63) is 65.2 Å². The Labute approximate surface area is 163 Å². The van der Waals surface area contributed by atoms with Crippen LogP contribution in [0.5, 0.6) is 5.75 Å². The summed E-state index contributed by atoms with van der Waals surface area (Å²) in [6.07, 6.45) is 0.821. The molecule has 4 nitrogen and oxygen atoms in total. The molecule has 3 rings (SSSR count). The highest BCUT2D eigenvalue weighted by molar-refractivity contribution is 5.28.